The fourth-order valence-electron chi connectivity index (χ4n) is 2.23. The van der Waals surface area contributed by atoms with Crippen LogP contribution in [-0.4, -0.2) is 38.5 Å². The number of hydrogen-bond acceptors (Lipinski definition) is 3. The lowest BCUT2D eigenvalue weighted by molar-refractivity contribution is 0.599. The van der Waals surface area contributed by atoms with Gasteiger partial charge in [-0.1, -0.05) is 17.7 Å². The zero-order chi connectivity index (χ0) is 16.2. The first-order chi connectivity index (χ1) is 10.4. The Kier molecular flexibility index (Phi) is 8.02. The van der Waals surface area contributed by atoms with E-state index in [1.807, 2.05) is 6.92 Å². The lowest BCUT2D eigenvalue weighted by Gasteiger charge is -2.15. The first kappa shape index (κ1) is 20.4. The van der Waals surface area contributed by atoms with Gasteiger partial charge in [-0.15, -0.1) is 24.0 Å². The highest BCUT2D eigenvalue weighted by Gasteiger charge is 2.28. The van der Waals surface area contributed by atoms with E-state index in [0.29, 0.717) is 25.5 Å². The van der Waals surface area contributed by atoms with Crippen LogP contribution in [0.4, 0.5) is 4.39 Å². The SMILES string of the molecule is CCNC(=NCc1ccc(F)c(Cl)c1)NC1CCS(=O)(=O)C1.I. The number of guanidine groups is 1. The van der Waals surface area contributed by atoms with Crippen molar-refractivity contribution in [2.24, 2.45) is 4.99 Å². The van der Waals surface area contributed by atoms with Crippen molar-refractivity contribution in [3.8, 4) is 0 Å². The number of nitrogens with one attached hydrogen (secondary N) is 2. The summed E-state index contributed by atoms with van der Waals surface area (Å²) < 4.78 is 36.1. The van der Waals surface area contributed by atoms with Gasteiger partial charge in [0.05, 0.1) is 23.1 Å². The molecule has 1 heterocycles. The van der Waals surface area contributed by atoms with E-state index < -0.39 is 15.7 Å². The Hall–Kier alpha value is -0.610. The quantitative estimate of drug-likeness (QED) is 0.398. The lowest BCUT2D eigenvalue weighted by atomic mass is 10.2. The van der Waals surface area contributed by atoms with Gasteiger partial charge in [0.1, 0.15) is 5.82 Å². The highest BCUT2D eigenvalue weighted by atomic mass is 127. The Labute approximate surface area is 158 Å². The second kappa shape index (κ2) is 9.03. The molecule has 2 rings (SSSR count). The molecule has 1 atom stereocenters. The van der Waals surface area contributed by atoms with E-state index in [1.165, 1.54) is 12.1 Å². The Balaban J connectivity index is 0.00000264. The summed E-state index contributed by atoms with van der Waals surface area (Å²) in [6.07, 6.45) is 0.578. The molecule has 2 N–H and O–H groups in total. The molecule has 0 radical (unpaired) electrons. The van der Waals surface area contributed by atoms with Crippen molar-refractivity contribution >= 4 is 51.4 Å². The maximum Gasteiger partial charge on any atom is 0.191 e. The van der Waals surface area contributed by atoms with Gasteiger partial charge in [-0.3, -0.25) is 0 Å². The third-order valence-corrected chi connectivity index (χ3v) is 5.38. The standard InChI is InChI=1S/C14H19ClFN3O2S.HI/c1-2-17-14(19-11-5-6-22(20,21)9-11)18-8-10-3-4-13(16)12(15)7-10;/h3-4,7,11H,2,5-6,8-9H2,1H3,(H2,17,18,19);1H. The monoisotopic (exact) mass is 475 g/mol. The molecule has 1 aliphatic rings. The van der Waals surface area contributed by atoms with Crippen molar-refractivity contribution in [1.29, 1.82) is 0 Å². The van der Waals surface area contributed by atoms with E-state index in [1.54, 1.807) is 6.07 Å². The maximum atomic E-state index is 13.1. The molecule has 5 nitrogen and oxygen atoms in total. The Bertz CT molecular complexity index is 670. The van der Waals surface area contributed by atoms with E-state index >= 15 is 0 Å². The first-order valence-corrected chi connectivity index (χ1v) is 9.29. The number of nitrogens with zero attached hydrogens (tertiary/aromatic N) is 1. The van der Waals surface area contributed by atoms with E-state index in [0.717, 1.165) is 5.56 Å². The largest absolute Gasteiger partial charge is 0.357 e. The number of benzene rings is 1. The molecule has 1 saturated heterocycles. The molecular formula is C14H20ClFIN3O2S. The minimum Gasteiger partial charge on any atom is -0.357 e. The van der Waals surface area contributed by atoms with E-state index in [4.69, 9.17) is 11.6 Å². The number of sulfone groups is 1. The Morgan fingerprint density at radius 3 is 2.78 bits per heavy atom. The average molecular weight is 476 g/mol. The predicted octanol–water partition coefficient (Wildman–Crippen LogP) is 2.34. The van der Waals surface area contributed by atoms with E-state index in [9.17, 15) is 12.8 Å². The fraction of sp³-hybridized carbons (Fsp3) is 0.500. The van der Waals surface area contributed by atoms with Gasteiger partial charge in [-0.05, 0) is 31.0 Å². The molecule has 1 aromatic rings. The zero-order valence-corrected chi connectivity index (χ0v) is 16.6. The molecule has 0 spiro atoms. The second-order valence-electron chi connectivity index (χ2n) is 5.19. The van der Waals surface area contributed by atoms with Crippen molar-refractivity contribution in [1.82, 2.24) is 10.6 Å². The van der Waals surface area contributed by atoms with Crippen LogP contribution >= 0.6 is 35.6 Å². The summed E-state index contributed by atoms with van der Waals surface area (Å²) in [6, 6.07) is 4.33. The molecule has 9 heteroatoms. The summed E-state index contributed by atoms with van der Waals surface area (Å²) >= 11 is 5.74. The zero-order valence-electron chi connectivity index (χ0n) is 12.7. The molecule has 1 fully saturated rings. The van der Waals surface area contributed by atoms with Gasteiger partial charge in [0.15, 0.2) is 15.8 Å². The molecular weight excluding hydrogens is 456 g/mol. The molecule has 1 aromatic carbocycles. The van der Waals surface area contributed by atoms with Gasteiger partial charge in [0.25, 0.3) is 0 Å². The molecule has 23 heavy (non-hydrogen) atoms. The number of hydrogen-bond donors (Lipinski definition) is 2. The van der Waals surface area contributed by atoms with Crippen LogP contribution in [0.1, 0.15) is 18.9 Å². The molecule has 0 aliphatic carbocycles. The number of rotatable bonds is 4. The number of halogens is 3. The molecule has 0 saturated carbocycles. The first-order valence-electron chi connectivity index (χ1n) is 7.09. The summed E-state index contributed by atoms with van der Waals surface area (Å²) in [5.74, 6) is 0.415. The van der Waals surface area contributed by atoms with Crippen molar-refractivity contribution in [3.63, 3.8) is 0 Å². The minimum absolute atomic E-state index is 0. The smallest absolute Gasteiger partial charge is 0.191 e. The highest BCUT2D eigenvalue weighted by Crippen LogP contribution is 2.16. The minimum atomic E-state index is -2.94. The topological polar surface area (TPSA) is 70.6 Å². The summed E-state index contributed by atoms with van der Waals surface area (Å²) in [4.78, 5) is 4.38. The van der Waals surface area contributed by atoms with Crippen LogP contribution in [0.25, 0.3) is 0 Å². The fourth-order valence-corrected chi connectivity index (χ4v) is 4.11. The Morgan fingerprint density at radius 2 is 2.22 bits per heavy atom. The molecule has 0 amide bonds. The maximum absolute atomic E-state index is 13.1. The number of aliphatic imine (C=N–C) groups is 1. The van der Waals surface area contributed by atoms with Crippen LogP contribution in [0, 0.1) is 5.82 Å². The highest BCUT2D eigenvalue weighted by molar-refractivity contribution is 14.0. The van der Waals surface area contributed by atoms with Crippen molar-refractivity contribution in [2.75, 3.05) is 18.1 Å². The van der Waals surface area contributed by atoms with Gasteiger partial charge < -0.3 is 10.6 Å². The third kappa shape index (κ3) is 6.42. The van der Waals surface area contributed by atoms with Crippen LogP contribution in [0.3, 0.4) is 0 Å². The third-order valence-electron chi connectivity index (χ3n) is 3.32. The van der Waals surface area contributed by atoms with Gasteiger partial charge in [-0.2, -0.15) is 0 Å². The van der Waals surface area contributed by atoms with E-state index in [2.05, 4.69) is 15.6 Å². The molecule has 1 aliphatic heterocycles. The summed E-state index contributed by atoms with van der Waals surface area (Å²) in [6.45, 7) is 2.92. The van der Waals surface area contributed by atoms with E-state index in [-0.39, 0.29) is 46.5 Å². The van der Waals surface area contributed by atoms with Crippen LogP contribution in [0.5, 0.6) is 0 Å². The molecule has 130 valence electrons. The Morgan fingerprint density at radius 1 is 1.48 bits per heavy atom. The predicted molar refractivity (Wildman–Crippen MR) is 102 cm³/mol. The second-order valence-corrected chi connectivity index (χ2v) is 7.82. The van der Waals surface area contributed by atoms with Crippen molar-refractivity contribution in [2.45, 2.75) is 25.9 Å². The molecule has 1 unspecified atom stereocenters. The van der Waals surface area contributed by atoms with Crippen LogP contribution in [0.2, 0.25) is 5.02 Å². The summed E-state index contributed by atoms with van der Waals surface area (Å²) in [5.41, 5.74) is 0.780. The van der Waals surface area contributed by atoms with Crippen LogP contribution in [-0.2, 0) is 16.4 Å². The lowest BCUT2D eigenvalue weighted by Crippen LogP contribution is -2.44. The summed E-state index contributed by atoms with van der Waals surface area (Å²) in [5, 5.41) is 6.25. The van der Waals surface area contributed by atoms with Gasteiger partial charge in [-0.25, -0.2) is 17.8 Å². The van der Waals surface area contributed by atoms with Gasteiger partial charge in [0.2, 0.25) is 0 Å². The van der Waals surface area contributed by atoms with Gasteiger partial charge in [0, 0.05) is 12.6 Å². The summed E-state index contributed by atoms with van der Waals surface area (Å²) in [7, 11) is -2.94. The normalized spacial score (nSPS) is 20.0. The van der Waals surface area contributed by atoms with Crippen LogP contribution < -0.4 is 10.6 Å². The van der Waals surface area contributed by atoms with Crippen LogP contribution in [0.15, 0.2) is 23.2 Å². The van der Waals surface area contributed by atoms with Gasteiger partial charge >= 0.3 is 0 Å². The molecule has 0 bridgehead atoms. The molecule has 0 aromatic heterocycles. The average Bonchev–Trinajstić information content (AvgIpc) is 2.79. The van der Waals surface area contributed by atoms with Crippen molar-refractivity contribution < 1.29 is 12.8 Å². The van der Waals surface area contributed by atoms with Crippen molar-refractivity contribution in [3.05, 3.63) is 34.6 Å².